The second kappa shape index (κ2) is 6.57. The van der Waals surface area contributed by atoms with Crippen LogP contribution in [-0.4, -0.2) is 33.2 Å². The molecule has 1 heterocycles. The van der Waals surface area contributed by atoms with Crippen molar-refractivity contribution in [1.29, 1.82) is 0 Å². The summed E-state index contributed by atoms with van der Waals surface area (Å²) in [5.74, 6) is -0.811. The molecule has 0 atom stereocenters. The first kappa shape index (κ1) is 17.3. The number of carbonyl (C=O) groups excluding carboxylic acids is 1. The number of methoxy groups -OCH3 is 1. The van der Waals surface area contributed by atoms with E-state index < -0.39 is 16.5 Å². The highest BCUT2D eigenvalue weighted by Gasteiger charge is 2.30. The summed E-state index contributed by atoms with van der Waals surface area (Å²) in [5, 5.41) is 29.6. The Kier molecular flexibility index (Phi) is 4.72. The van der Waals surface area contributed by atoms with E-state index in [2.05, 4.69) is 15.5 Å². The number of hydrogen-bond donors (Lipinski definition) is 3. The third-order valence-electron chi connectivity index (χ3n) is 3.56. The Hall–Kier alpha value is -3.10. The summed E-state index contributed by atoms with van der Waals surface area (Å²) in [5.41, 5.74) is 0.891. The Morgan fingerprint density at radius 1 is 1.46 bits per heavy atom. The lowest BCUT2D eigenvalue weighted by atomic mass is 9.99. The van der Waals surface area contributed by atoms with Gasteiger partial charge in [0.15, 0.2) is 0 Å². The Morgan fingerprint density at radius 3 is 2.67 bits per heavy atom. The average Bonchev–Trinajstić information content (AvgIpc) is 2.93. The fraction of sp³-hybridized carbons (Fsp3) is 0.333. The molecule has 3 N–H and O–H groups in total. The zero-order chi connectivity index (χ0) is 18.0. The van der Waals surface area contributed by atoms with E-state index >= 15 is 0 Å². The SMILES string of the molecule is COc1n[nH]c(C(=O)Nc2cc(C(C)C)c(O)cc2C)c1[N+](=O)[O-]. The summed E-state index contributed by atoms with van der Waals surface area (Å²) < 4.78 is 4.78. The largest absolute Gasteiger partial charge is 0.508 e. The van der Waals surface area contributed by atoms with Gasteiger partial charge in [0.05, 0.1) is 12.0 Å². The minimum absolute atomic E-state index is 0.0443. The number of nitrogens with zero attached hydrogens (tertiary/aromatic N) is 2. The van der Waals surface area contributed by atoms with Crippen LogP contribution in [0.1, 0.15) is 41.4 Å². The van der Waals surface area contributed by atoms with Gasteiger partial charge < -0.3 is 15.2 Å². The van der Waals surface area contributed by atoms with Gasteiger partial charge in [-0.3, -0.25) is 20.0 Å². The van der Waals surface area contributed by atoms with Crippen LogP contribution >= 0.6 is 0 Å². The summed E-state index contributed by atoms with van der Waals surface area (Å²) in [7, 11) is 1.23. The quantitative estimate of drug-likeness (QED) is 0.438. The highest BCUT2D eigenvalue weighted by atomic mass is 16.6. The number of ether oxygens (including phenoxy) is 1. The van der Waals surface area contributed by atoms with E-state index in [9.17, 15) is 20.0 Å². The fourth-order valence-corrected chi connectivity index (χ4v) is 2.28. The number of nitro groups is 1. The molecule has 9 heteroatoms. The number of anilines is 1. The number of hydrogen-bond acceptors (Lipinski definition) is 6. The zero-order valence-corrected chi connectivity index (χ0v) is 13.7. The lowest BCUT2D eigenvalue weighted by molar-refractivity contribution is -0.386. The monoisotopic (exact) mass is 334 g/mol. The molecule has 24 heavy (non-hydrogen) atoms. The van der Waals surface area contributed by atoms with Crippen LogP contribution in [0, 0.1) is 17.0 Å². The number of phenols is 1. The van der Waals surface area contributed by atoms with Gasteiger partial charge in [0.2, 0.25) is 5.69 Å². The zero-order valence-electron chi connectivity index (χ0n) is 13.7. The molecule has 0 aliphatic rings. The van der Waals surface area contributed by atoms with E-state index in [-0.39, 0.29) is 23.2 Å². The number of aromatic hydroxyl groups is 1. The summed E-state index contributed by atoms with van der Waals surface area (Å²) in [6.45, 7) is 5.52. The Bertz CT molecular complexity index is 797. The maximum atomic E-state index is 12.4. The smallest absolute Gasteiger partial charge is 0.362 e. The molecule has 1 aromatic heterocycles. The summed E-state index contributed by atoms with van der Waals surface area (Å²) in [6.07, 6.45) is 0. The number of aromatic amines is 1. The van der Waals surface area contributed by atoms with Crippen molar-refractivity contribution < 1.29 is 19.6 Å². The van der Waals surface area contributed by atoms with Crippen molar-refractivity contribution in [3.63, 3.8) is 0 Å². The second-order valence-electron chi connectivity index (χ2n) is 5.55. The van der Waals surface area contributed by atoms with Crippen molar-refractivity contribution in [3.8, 4) is 11.6 Å². The van der Waals surface area contributed by atoms with Crippen LogP contribution in [0.15, 0.2) is 12.1 Å². The van der Waals surface area contributed by atoms with Crippen molar-refractivity contribution in [2.45, 2.75) is 26.7 Å². The van der Waals surface area contributed by atoms with Gasteiger partial charge in [-0.15, -0.1) is 5.10 Å². The number of amides is 1. The van der Waals surface area contributed by atoms with Crippen molar-refractivity contribution in [2.24, 2.45) is 0 Å². The van der Waals surface area contributed by atoms with E-state index in [0.717, 1.165) is 0 Å². The molecule has 0 unspecified atom stereocenters. The van der Waals surface area contributed by atoms with Crippen molar-refractivity contribution in [2.75, 3.05) is 12.4 Å². The maximum Gasteiger partial charge on any atom is 0.362 e. The van der Waals surface area contributed by atoms with Gasteiger partial charge >= 0.3 is 11.6 Å². The minimum atomic E-state index is -0.736. The lowest BCUT2D eigenvalue weighted by Crippen LogP contribution is -2.15. The van der Waals surface area contributed by atoms with Gasteiger partial charge in [-0.25, -0.2) is 0 Å². The second-order valence-corrected chi connectivity index (χ2v) is 5.55. The Morgan fingerprint density at radius 2 is 2.12 bits per heavy atom. The molecule has 0 aliphatic carbocycles. The predicted octanol–water partition coefficient (Wildman–Crippen LogP) is 2.72. The van der Waals surface area contributed by atoms with Gasteiger partial charge in [-0.05, 0) is 36.1 Å². The van der Waals surface area contributed by atoms with E-state index in [1.54, 1.807) is 13.0 Å². The molecule has 0 saturated carbocycles. The van der Waals surface area contributed by atoms with Gasteiger partial charge in [0.25, 0.3) is 5.91 Å². The number of benzene rings is 1. The first-order chi connectivity index (χ1) is 11.3. The highest BCUT2D eigenvalue weighted by molar-refractivity contribution is 6.06. The van der Waals surface area contributed by atoms with Crippen molar-refractivity contribution in [1.82, 2.24) is 10.2 Å². The van der Waals surface area contributed by atoms with E-state index in [1.807, 2.05) is 13.8 Å². The molecule has 0 fully saturated rings. The number of rotatable bonds is 5. The fourth-order valence-electron chi connectivity index (χ4n) is 2.28. The number of carbonyl (C=O) groups is 1. The molecule has 1 amide bonds. The van der Waals surface area contributed by atoms with Crippen LogP contribution < -0.4 is 10.1 Å². The first-order valence-electron chi connectivity index (χ1n) is 7.17. The standard InChI is InChI=1S/C15H18N4O5/c1-7(2)9-6-10(8(3)5-11(9)20)16-14(21)12-13(19(22)23)15(24-4)18-17-12/h5-7,20H,1-4H3,(H,16,21)(H,17,18). The van der Waals surface area contributed by atoms with Gasteiger partial charge in [0, 0.05) is 5.69 Å². The Balaban J connectivity index is 2.39. The topological polar surface area (TPSA) is 130 Å². The molecule has 128 valence electrons. The molecule has 0 bridgehead atoms. The van der Waals surface area contributed by atoms with Crippen LogP contribution in [0.25, 0.3) is 0 Å². The average molecular weight is 334 g/mol. The van der Waals surface area contributed by atoms with Crippen LogP contribution in [0.3, 0.4) is 0 Å². The lowest BCUT2D eigenvalue weighted by Gasteiger charge is -2.14. The molecule has 0 aliphatic heterocycles. The number of aryl methyl sites for hydroxylation is 1. The molecular formula is C15H18N4O5. The van der Waals surface area contributed by atoms with Crippen molar-refractivity contribution in [3.05, 3.63) is 39.1 Å². The number of aromatic nitrogens is 2. The number of phenolic OH excluding ortho intramolecular Hbond substituents is 1. The molecule has 0 spiro atoms. The van der Waals surface area contributed by atoms with Crippen LogP contribution in [0.2, 0.25) is 0 Å². The third-order valence-corrected chi connectivity index (χ3v) is 3.56. The van der Waals surface area contributed by atoms with Crippen LogP contribution in [0.5, 0.6) is 11.6 Å². The minimum Gasteiger partial charge on any atom is -0.508 e. The summed E-state index contributed by atoms with van der Waals surface area (Å²) in [4.78, 5) is 22.8. The van der Waals surface area contributed by atoms with E-state index in [1.165, 1.54) is 13.2 Å². The van der Waals surface area contributed by atoms with Gasteiger partial charge in [0.1, 0.15) is 5.75 Å². The molecule has 9 nitrogen and oxygen atoms in total. The third kappa shape index (κ3) is 3.14. The molecule has 0 radical (unpaired) electrons. The summed E-state index contributed by atoms with van der Waals surface area (Å²) >= 11 is 0. The van der Waals surface area contributed by atoms with Gasteiger partial charge in [-0.2, -0.15) is 0 Å². The number of nitrogens with one attached hydrogen (secondary N) is 2. The van der Waals surface area contributed by atoms with Crippen LogP contribution in [0.4, 0.5) is 11.4 Å². The first-order valence-corrected chi connectivity index (χ1v) is 7.17. The number of H-pyrrole nitrogens is 1. The van der Waals surface area contributed by atoms with E-state index in [0.29, 0.717) is 16.8 Å². The van der Waals surface area contributed by atoms with E-state index in [4.69, 9.17) is 4.74 Å². The predicted molar refractivity (Wildman–Crippen MR) is 86.7 cm³/mol. The molecule has 0 saturated heterocycles. The molecule has 2 aromatic rings. The van der Waals surface area contributed by atoms with Gasteiger partial charge in [-0.1, -0.05) is 13.8 Å². The van der Waals surface area contributed by atoms with Crippen molar-refractivity contribution >= 4 is 17.3 Å². The molecular weight excluding hydrogens is 316 g/mol. The molecule has 1 aromatic carbocycles. The highest BCUT2D eigenvalue weighted by Crippen LogP contribution is 2.32. The van der Waals surface area contributed by atoms with Crippen LogP contribution in [-0.2, 0) is 0 Å². The normalized spacial score (nSPS) is 10.7. The Labute approximate surface area is 137 Å². The maximum absolute atomic E-state index is 12.4. The summed E-state index contributed by atoms with van der Waals surface area (Å²) in [6, 6.07) is 3.18. The molecule has 2 rings (SSSR count).